The third kappa shape index (κ3) is 3.00. The van der Waals surface area contributed by atoms with Gasteiger partial charge < -0.3 is 19.7 Å². The van der Waals surface area contributed by atoms with Gasteiger partial charge >= 0.3 is 0 Å². The van der Waals surface area contributed by atoms with Crippen LogP contribution in [-0.4, -0.2) is 64.1 Å². The van der Waals surface area contributed by atoms with Crippen LogP contribution in [0, 0.1) is 5.92 Å². The zero-order valence-electron chi connectivity index (χ0n) is 17.5. The van der Waals surface area contributed by atoms with E-state index in [-0.39, 0.29) is 29.9 Å². The summed E-state index contributed by atoms with van der Waals surface area (Å²) >= 11 is 1.68. The number of hydrogen-bond donors (Lipinski definition) is 2. The molecule has 3 aliphatic rings. The van der Waals surface area contributed by atoms with Gasteiger partial charge in [-0.15, -0.1) is 11.3 Å². The predicted octanol–water partition coefficient (Wildman–Crippen LogP) is 2.67. The van der Waals surface area contributed by atoms with Gasteiger partial charge in [-0.2, -0.15) is 0 Å². The number of hydrogen-bond acceptors (Lipinski definition) is 6. The summed E-state index contributed by atoms with van der Waals surface area (Å²) in [7, 11) is 1.67. The Bertz CT molecular complexity index is 1130. The van der Waals surface area contributed by atoms with E-state index in [1.807, 2.05) is 28.6 Å². The number of nitrogens with zero attached hydrogens (tertiary/aromatic N) is 3. The number of nitrogens with one attached hydrogen (secondary N) is 1. The molecule has 1 aliphatic carbocycles. The van der Waals surface area contributed by atoms with Crippen molar-refractivity contribution in [3.63, 3.8) is 0 Å². The lowest BCUT2D eigenvalue weighted by Gasteiger charge is -2.56. The quantitative estimate of drug-likeness (QED) is 0.640. The molecule has 2 aromatic heterocycles. The number of amides is 1. The molecule has 4 heterocycles. The second-order valence-electron chi connectivity index (χ2n) is 9.12. The summed E-state index contributed by atoms with van der Waals surface area (Å²) in [5, 5.41) is 14.6. The molecule has 2 N–H and O–H groups in total. The number of carbonyl (C=O) groups is 1. The van der Waals surface area contributed by atoms with Crippen molar-refractivity contribution in [3.05, 3.63) is 46.0 Å². The van der Waals surface area contributed by atoms with Gasteiger partial charge in [-0.1, -0.05) is 0 Å². The Hall–Kier alpha value is -2.42. The Morgan fingerprint density at radius 1 is 1.35 bits per heavy atom. The first-order chi connectivity index (χ1) is 15.1. The summed E-state index contributed by atoms with van der Waals surface area (Å²) in [4.78, 5) is 25.5. The number of ether oxygens (including phenoxy) is 1. The third-order valence-corrected chi connectivity index (χ3v) is 7.79. The van der Waals surface area contributed by atoms with Gasteiger partial charge in [-0.05, 0) is 30.5 Å². The van der Waals surface area contributed by atoms with Crippen molar-refractivity contribution in [2.75, 3.05) is 33.4 Å². The Balaban J connectivity index is 1.42. The SMILES string of the molecule is COc1ccc2c3c([nH]c2c1)[C@@H](CO)N(C(=O)C1CC1)CC31CN(Cc2nccs2)C1. The highest BCUT2D eigenvalue weighted by atomic mass is 32.1. The zero-order chi connectivity index (χ0) is 21.2. The Morgan fingerprint density at radius 3 is 2.87 bits per heavy atom. The van der Waals surface area contributed by atoms with E-state index in [9.17, 15) is 9.90 Å². The minimum absolute atomic E-state index is 0.0751. The molecule has 162 valence electrons. The lowest BCUT2D eigenvalue weighted by atomic mass is 9.68. The summed E-state index contributed by atoms with van der Waals surface area (Å²) < 4.78 is 5.43. The number of aromatic nitrogens is 2. The van der Waals surface area contributed by atoms with Crippen molar-refractivity contribution in [3.8, 4) is 5.75 Å². The molecule has 7 nitrogen and oxygen atoms in total. The normalized spacial score (nSPS) is 22.5. The molecule has 2 fully saturated rings. The number of aliphatic hydroxyl groups excluding tert-OH is 1. The number of fused-ring (bicyclic) bond motifs is 4. The van der Waals surface area contributed by atoms with Crippen LogP contribution in [0.2, 0.25) is 0 Å². The Labute approximate surface area is 184 Å². The number of H-pyrrole nitrogens is 1. The monoisotopic (exact) mass is 438 g/mol. The topological polar surface area (TPSA) is 81.7 Å². The number of aliphatic hydroxyl groups is 1. The fourth-order valence-corrected chi connectivity index (χ4v) is 6.16. The molecular formula is C23H26N4O3S. The molecule has 0 bridgehead atoms. The molecule has 1 saturated carbocycles. The van der Waals surface area contributed by atoms with Crippen LogP contribution in [0.3, 0.4) is 0 Å². The highest BCUT2D eigenvalue weighted by Gasteiger charge is 2.54. The van der Waals surface area contributed by atoms with Crippen LogP contribution in [0.5, 0.6) is 5.75 Å². The second kappa shape index (κ2) is 7.05. The standard InChI is InChI=1S/C23H26N4O3S/c1-30-15-4-5-16-17(8-15)25-21-18(10-28)27(22(29)14-2-3-14)13-23(20(16)21)11-26(12-23)9-19-24-6-7-31-19/h4-8,14,18,25,28H,2-3,9-13H2,1H3/t18-/m1/s1. The van der Waals surface area contributed by atoms with Crippen molar-refractivity contribution in [1.29, 1.82) is 0 Å². The van der Waals surface area contributed by atoms with E-state index in [4.69, 9.17) is 4.74 Å². The van der Waals surface area contributed by atoms with Crippen molar-refractivity contribution in [2.24, 2.45) is 5.92 Å². The van der Waals surface area contributed by atoms with Crippen molar-refractivity contribution >= 4 is 28.1 Å². The van der Waals surface area contributed by atoms with Crippen molar-refractivity contribution < 1.29 is 14.6 Å². The van der Waals surface area contributed by atoms with Crippen LogP contribution in [0.25, 0.3) is 10.9 Å². The van der Waals surface area contributed by atoms with E-state index in [2.05, 4.69) is 20.9 Å². The first-order valence-corrected chi connectivity index (χ1v) is 11.7. The van der Waals surface area contributed by atoms with Crippen LogP contribution in [0.15, 0.2) is 29.8 Å². The van der Waals surface area contributed by atoms with E-state index < -0.39 is 0 Å². The molecule has 0 unspecified atom stereocenters. The highest BCUT2D eigenvalue weighted by molar-refractivity contribution is 7.09. The minimum Gasteiger partial charge on any atom is -0.497 e. The molecule has 1 spiro atoms. The van der Waals surface area contributed by atoms with Crippen molar-refractivity contribution in [2.45, 2.75) is 30.8 Å². The average Bonchev–Trinajstić information content (AvgIpc) is 3.34. The number of likely N-dealkylation sites (tertiary alicyclic amines) is 1. The van der Waals surface area contributed by atoms with Gasteiger partial charge in [0.15, 0.2) is 0 Å². The van der Waals surface area contributed by atoms with E-state index in [1.54, 1.807) is 18.4 Å². The van der Waals surface area contributed by atoms with Crippen LogP contribution >= 0.6 is 11.3 Å². The molecule has 1 amide bonds. The van der Waals surface area contributed by atoms with Gasteiger partial charge in [0, 0.05) is 65.2 Å². The van der Waals surface area contributed by atoms with Gasteiger partial charge in [0.2, 0.25) is 5.91 Å². The van der Waals surface area contributed by atoms with E-state index in [0.717, 1.165) is 54.4 Å². The summed E-state index contributed by atoms with van der Waals surface area (Å²) in [6, 6.07) is 5.79. The Kier molecular flexibility index (Phi) is 4.38. The molecule has 8 heteroatoms. The van der Waals surface area contributed by atoms with Crippen LogP contribution < -0.4 is 4.74 Å². The fraction of sp³-hybridized carbons (Fsp3) is 0.478. The van der Waals surface area contributed by atoms with Gasteiger partial charge in [-0.3, -0.25) is 9.69 Å². The molecule has 31 heavy (non-hydrogen) atoms. The van der Waals surface area contributed by atoms with Crippen LogP contribution in [-0.2, 0) is 16.8 Å². The van der Waals surface area contributed by atoms with Gasteiger partial charge in [0.25, 0.3) is 0 Å². The first kappa shape index (κ1) is 19.3. The molecule has 6 rings (SSSR count). The van der Waals surface area contributed by atoms with Gasteiger partial charge in [-0.25, -0.2) is 4.98 Å². The minimum atomic E-state index is -0.319. The molecule has 1 atom stereocenters. The summed E-state index contributed by atoms with van der Waals surface area (Å²) in [6.45, 7) is 3.18. The molecule has 1 aromatic carbocycles. The molecule has 1 saturated heterocycles. The molecule has 0 radical (unpaired) electrons. The lowest BCUT2D eigenvalue weighted by molar-refractivity contribution is -0.140. The highest BCUT2D eigenvalue weighted by Crippen LogP contribution is 2.50. The van der Waals surface area contributed by atoms with Gasteiger partial charge in [0.05, 0.1) is 26.3 Å². The van der Waals surface area contributed by atoms with Crippen LogP contribution in [0.1, 0.15) is 35.1 Å². The van der Waals surface area contributed by atoms with E-state index in [1.165, 1.54) is 10.9 Å². The van der Waals surface area contributed by atoms with Gasteiger partial charge in [0.1, 0.15) is 10.8 Å². The molecular weight excluding hydrogens is 412 g/mol. The maximum absolute atomic E-state index is 13.2. The van der Waals surface area contributed by atoms with Crippen molar-refractivity contribution in [1.82, 2.24) is 19.8 Å². The number of carbonyl (C=O) groups excluding carboxylic acids is 1. The average molecular weight is 439 g/mol. The number of aromatic amines is 1. The number of benzene rings is 1. The number of methoxy groups -OCH3 is 1. The van der Waals surface area contributed by atoms with E-state index in [0.29, 0.717) is 6.54 Å². The first-order valence-electron chi connectivity index (χ1n) is 10.8. The fourth-order valence-electron chi connectivity index (χ4n) is 5.51. The molecule has 3 aromatic rings. The second-order valence-corrected chi connectivity index (χ2v) is 10.1. The maximum Gasteiger partial charge on any atom is 0.226 e. The largest absolute Gasteiger partial charge is 0.497 e. The number of thiazole rings is 1. The smallest absolute Gasteiger partial charge is 0.226 e. The molecule has 2 aliphatic heterocycles. The van der Waals surface area contributed by atoms with E-state index >= 15 is 0 Å². The lowest BCUT2D eigenvalue weighted by Crippen LogP contribution is -2.66. The maximum atomic E-state index is 13.2. The summed E-state index contributed by atoms with van der Waals surface area (Å²) in [5.74, 6) is 1.12. The number of rotatable bonds is 5. The summed E-state index contributed by atoms with van der Waals surface area (Å²) in [5.41, 5.74) is 3.12. The summed E-state index contributed by atoms with van der Waals surface area (Å²) in [6.07, 6.45) is 3.78. The Morgan fingerprint density at radius 2 is 2.19 bits per heavy atom. The zero-order valence-corrected chi connectivity index (χ0v) is 18.3. The van der Waals surface area contributed by atoms with Crippen LogP contribution in [0.4, 0.5) is 0 Å². The predicted molar refractivity (Wildman–Crippen MR) is 118 cm³/mol. The third-order valence-electron chi connectivity index (χ3n) is 7.03.